The van der Waals surface area contributed by atoms with Crippen LogP contribution in [0, 0.1) is 6.92 Å². The Hall–Kier alpha value is -2.11. The molecular formula is C18H17ClN2O2S. The maximum absolute atomic E-state index is 12.0. The van der Waals surface area contributed by atoms with Crippen molar-refractivity contribution in [2.75, 3.05) is 5.32 Å². The van der Waals surface area contributed by atoms with Crippen molar-refractivity contribution in [3.63, 3.8) is 0 Å². The molecule has 0 fully saturated rings. The minimum absolute atomic E-state index is 0.0642. The first-order chi connectivity index (χ1) is 11.6. The molecule has 2 heterocycles. The Balaban J connectivity index is 1.54. The molecule has 4 nitrogen and oxygen atoms in total. The summed E-state index contributed by atoms with van der Waals surface area (Å²) in [5.74, 6) is 0.743. The van der Waals surface area contributed by atoms with Gasteiger partial charge in [0.25, 0.3) is 0 Å². The first-order valence-electron chi connectivity index (χ1n) is 7.62. The predicted molar refractivity (Wildman–Crippen MR) is 96.8 cm³/mol. The maximum Gasteiger partial charge on any atom is 0.226 e. The Morgan fingerprint density at radius 1 is 1.38 bits per heavy atom. The van der Waals surface area contributed by atoms with E-state index in [1.807, 2.05) is 31.2 Å². The second-order valence-corrected chi connectivity index (χ2v) is 7.04. The van der Waals surface area contributed by atoms with Crippen LogP contribution >= 0.6 is 22.9 Å². The monoisotopic (exact) mass is 360 g/mol. The molecule has 124 valence electrons. The van der Waals surface area contributed by atoms with E-state index in [0.717, 1.165) is 33.2 Å². The summed E-state index contributed by atoms with van der Waals surface area (Å²) in [6, 6.07) is 9.72. The zero-order chi connectivity index (χ0) is 16.9. The number of nitrogens with one attached hydrogen (secondary N) is 1. The highest BCUT2D eigenvalue weighted by atomic mass is 35.5. The summed E-state index contributed by atoms with van der Waals surface area (Å²) in [7, 11) is 0. The Morgan fingerprint density at radius 3 is 3.00 bits per heavy atom. The summed E-state index contributed by atoms with van der Waals surface area (Å²) >= 11 is 7.63. The number of aryl methyl sites for hydroxylation is 2. The molecule has 3 aromatic rings. The number of hydrogen-bond donors (Lipinski definition) is 1. The molecule has 0 aliphatic rings. The molecule has 1 aromatic carbocycles. The minimum Gasteiger partial charge on any atom is -0.469 e. The smallest absolute Gasteiger partial charge is 0.226 e. The summed E-state index contributed by atoms with van der Waals surface area (Å²) in [6.07, 6.45) is 5.10. The molecule has 0 radical (unpaired) electrons. The van der Waals surface area contributed by atoms with Crippen molar-refractivity contribution < 1.29 is 9.21 Å². The number of nitrogens with zero attached hydrogens (tertiary/aromatic N) is 1. The summed E-state index contributed by atoms with van der Waals surface area (Å²) in [4.78, 5) is 17.3. The van der Waals surface area contributed by atoms with Crippen LogP contribution in [0.4, 0.5) is 5.13 Å². The van der Waals surface area contributed by atoms with Crippen LogP contribution in [-0.2, 0) is 17.6 Å². The van der Waals surface area contributed by atoms with Crippen molar-refractivity contribution in [3.05, 3.63) is 69.6 Å². The number of carbonyl (C=O) groups excluding carboxylic acids is 1. The predicted octanol–water partition coefficient (Wildman–Crippen LogP) is 4.86. The zero-order valence-electron chi connectivity index (χ0n) is 13.2. The van der Waals surface area contributed by atoms with Crippen molar-refractivity contribution in [1.29, 1.82) is 0 Å². The van der Waals surface area contributed by atoms with E-state index in [9.17, 15) is 4.79 Å². The van der Waals surface area contributed by atoms with Crippen LogP contribution in [-0.4, -0.2) is 10.9 Å². The van der Waals surface area contributed by atoms with Crippen LogP contribution in [0.3, 0.4) is 0 Å². The lowest BCUT2D eigenvalue weighted by molar-refractivity contribution is -0.116. The zero-order valence-corrected chi connectivity index (χ0v) is 14.8. The molecule has 0 bridgehead atoms. The summed E-state index contributed by atoms with van der Waals surface area (Å²) in [5, 5.41) is 4.22. The van der Waals surface area contributed by atoms with Gasteiger partial charge in [-0.3, -0.25) is 4.79 Å². The molecule has 1 N–H and O–H groups in total. The third-order valence-corrected chi connectivity index (χ3v) is 4.91. The minimum atomic E-state index is -0.0642. The van der Waals surface area contributed by atoms with Gasteiger partial charge < -0.3 is 9.73 Å². The third kappa shape index (κ3) is 4.46. The molecule has 1 amide bonds. The van der Waals surface area contributed by atoms with E-state index < -0.39 is 0 Å². The maximum atomic E-state index is 12.0. The van der Waals surface area contributed by atoms with E-state index in [4.69, 9.17) is 16.0 Å². The number of rotatable bonds is 6. The van der Waals surface area contributed by atoms with Crippen LogP contribution in [0.15, 0.2) is 47.2 Å². The first-order valence-corrected chi connectivity index (χ1v) is 8.81. The Kier molecular flexibility index (Phi) is 5.33. The molecule has 0 saturated heterocycles. The fourth-order valence-corrected chi connectivity index (χ4v) is 3.33. The number of thiazole rings is 1. The molecular weight excluding hydrogens is 344 g/mol. The Labute approximate surface area is 149 Å². The standard InChI is InChI=1S/C18H17ClN2O2S/c1-12-4-5-13(10-16(12)19)9-15-11-20-18(24-15)21-17(22)7-6-14-3-2-8-23-14/h2-5,8,10-11H,6-7,9H2,1H3,(H,20,21,22). The van der Waals surface area contributed by atoms with Gasteiger partial charge in [0.15, 0.2) is 5.13 Å². The lowest BCUT2D eigenvalue weighted by Gasteiger charge is -2.02. The summed E-state index contributed by atoms with van der Waals surface area (Å²) < 4.78 is 5.22. The Bertz CT molecular complexity index is 827. The van der Waals surface area contributed by atoms with Gasteiger partial charge in [-0.1, -0.05) is 23.7 Å². The van der Waals surface area contributed by atoms with Gasteiger partial charge in [0.2, 0.25) is 5.91 Å². The summed E-state index contributed by atoms with van der Waals surface area (Å²) in [6.45, 7) is 1.98. The quantitative estimate of drug-likeness (QED) is 0.683. The second-order valence-electron chi connectivity index (χ2n) is 5.52. The van der Waals surface area contributed by atoms with Gasteiger partial charge in [-0.05, 0) is 36.2 Å². The molecule has 0 aliphatic carbocycles. The number of furan rings is 1. The molecule has 24 heavy (non-hydrogen) atoms. The van der Waals surface area contributed by atoms with Crippen LogP contribution < -0.4 is 5.32 Å². The number of halogens is 1. The molecule has 0 atom stereocenters. The highest BCUT2D eigenvalue weighted by Gasteiger charge is 2.09. The van der Waals surface area contributed by atoms with E-state index in [-0.39, 0.29) is 5.91 Å². The van der Waals surface area contributed by atoms with Crippen LogP contribution in [0.1, 0.15) is 28.2 Å². The van der Waals surface area contributed by atoms with E-state index in [1.165, 1.54) is 11.3 Å². The molecule has 0 saturated carbocycles. The van der Waals surface area contributed by atoms with Gasteiger partial charge in [0.05, 0.1) is 6.26 Å². The van der Waals surface area contributed by atoms with E-state index in [2.05, 4.69) is 16.4 Å². The fraction of sp³-hybridized carbons (Fsp3) is 0.222. The largest absolute Gasteiger partial charge is 0.469 e. The lowest BCUT2D eigenvalue weighted by atomic mass is 10.1. The molecule has 0 spiro atoms. The van der Waals surface area contributed by atoms with Crippen molar-refractivity contribution in [1.82, 2.24) is 4.98 Å². The number of benzene rings is 1. The highest BCUT2D eigenvalue weighted by Crippen LogP contribution is 2.24. The average Bonchev–Trinajstić information content (AvgIpc) is 3.21. The third-order valence-electron chi connectivity index (χ3n) is 3.59. The first kappa shape index (κ1) is 16.7. The van der Waals surface area contributed by atoms with Gasteiger partial charge in [-0.25, -0.2) is 4.98 Å². The average molecular weight is 361 g/mol. The molecule has 0 aliphatic heterocycles. The molecule has 0 unspecified atom stereocenters. The van der Waals surface area contributed by atoms with Crippen molar-refractivity contribution in [3.8, 4) is 0 Å². The number of hydrogen-bond acceptors (Lipinski definition) is 4. The van der Waals surface area contributed by atoms with E-state index in [1.54, 1.807) is 12.5 Å². The number of anilines is 1. The lowest BCUT2D eigenvalue weighted by Crippen LogP contribution is -2.11. The number of amides is 1. The molecule has 3 rings (SSSR count). The second kappa shape index (κ2) is 7.64. The van der Waals surface area contributed by atoms with Crippen molar-refractivity contribution in [2.45, 2.75) is 26.2 Å². The van der Waals surface area contributed by atoms with Crippen LogP contribution in [0.5, 0.6) is 0 Å². The normalized spacial score (nSPS) is 10.8. The number of aromatic nitrogens is 1. The van der Waals surface area contributed by atoms with E-state index in [0.29, 0.717) is 18.0 Å². The topological polar surface area (TPSA) is 55.1 Å². The van der Waals surface area contributed by atoms with Gasteiger partial charge in [0, 0.05) is 35.4 Å². The fourth-order valence-electron chi connectivity index (χ4n) is 2.27. The van der Waals surface area contributed by atoms with Gasteiger partial charge in [-0.2, -0.15) is 0 Å². The van der Waals surface area contributed by atoms with Gasteiger partial charge in [-0.15, -0.1) is 11.3 Å². The number of carbonyl (C=O) groups is 1. The van der Waals surface area contributed by atoms with Gasteiger partial charge >= 0.3 is 0 Å². The van der Waals surface area contributed by atoms with Crippen molar-refractivity contribution >= 4 is 34.0 Å². The molecule has 6 heteroatoms. The van der Waals surface area contributed by atoms with Crippen LogP contribution in [0.25, 0.3) is 0 Å². The van der Waals surface area contributed by atoms with Crippen LogP contribution in [0.2, 0.25) is 5.02 Å². The van der Waals surface area contributed by atoms with Gasteiger partial charge in [0.1, 0.15) is 5.76 Å². The highest BCUT2D eigenvalue weighted by molar-refractivity contribution is 7.15. The SMILES string of the molecule is Cc1ccc(Cc2cnc(NC(=O)CCc3ccco3)s2)cc1Cl. The Morgan fingerprint density at radius 2 is 2.25 bits per heavy atom. The summed E-state index contributed by atoms with van der Waals surface area (Å²) in [5.41, 5.74) is 2.19. The van der Waals surface area contributed by atoms with E-state index >= 15 is 0 Å². The molecule has 2 aromatic heterocycles. The van der Waals surface area contributed by atoms with Crippen molar-refractivity contribution in [2.24, 2.45) is 0 Å².